The van der Waals surface area contributed by atoms with Crippen molar-refractivity contribution in [3.63, 3.8) is 0 Å². The van der Waals surface area contributed by atoms with Crippen molar-refractivity contribution in [1.82, 2.24) is 19.9 Å². The molecule has 148 valence electrons. The van der Waals surface area contributed by atoms with Gasteiger partial charge in [0.15, 0.2) is 0 Å². The predicted octanol–water partition coefficient (Wildman–Crippen LogP) is 1.97. The molecule has 28 heavy (non-hydrogen) atoms. The van der Waals surface area contributed by atoms with E-state index in [0.717, 1.165) is 10.8 Å². The molecule has 0 saturated heterocycles. The number of pyridine rings is 1. The second-order valence-corrected chi connectivity index (χ2v) is 6.89. The fourth-order valence-corrected chi connectivity index (χ4v) is 3.32. The van der Waals surface area contributed by atoms with E-state index in [1.165, 1.54) is 11.1 Å². The van der Waals surface area contributed by atoms with Crippen molar-refractivity contribution in [2.45, 2.75) is 26.1 Å². The number of anilines is 1. The fourth-order valence-electron chi connectivity index (χ4n) is 3.32. The number of carboxylic acids is 1. The van der Waals surface area contributed by atoms with Crippen LogP contribution < -0.4 is 5.32 Å². The van der Waals surface area contributed by atoms with E-state index < -0.39 is 12.0 Å². The summed E-state index contributed by atoms with van der Waals surface area (Å²) in [7, 11) is 3.70. The first kappa shape index (κ1) is 19.8. The molecule has 2 heterocycles. The average molecular weight is 383 g/mol. The van der Waals surface area contributed by atoms with E-state index in [1.54, 1.807) is 17.4 Å². The van der Waals surface area contributed by atoms with Gasteiger partial charge in [-0.15, -0.1) is 0 Å². The number of hydrazine groups is 1. The zero-order valence-corrected chi connectivity index (χ0v) is 16.5. The number of nitrogens with one attached hydrogen (secondary N) is 1. The first-order valence-electron chi connectivity index (χ1n) is 9.16. The van der Waals surface area contributed by atoms with Crippen LogP contribution in [0.1, 0.15) is 13.8 Å². The number of aromatic nitrogens is 1. The Hall–Kier alpha value is -2.97. The third kappa shape index (κ3) is 3.56. The van der Waals surface area contributed by atoms with Gasteiger partial charge in [0.25, 0.3) is 5.91 Å². The minimum Gasteiger partial charge on any atom is -0.480 e. The van der Waals surface area contributed by atoms with Gasteiger partial charge in [0, 0.05) is 23.5 Å². The molecule has 1 aromatic heterocycles. The van der Waals surface area contributed by atoms with Gasteiger partial charge < -0.3 is 10.4 Å². The van der Waals surface area contributed by atoms with Crippen LogP contribution in [0.2, 0.25) is 0 Å². The molecule has 0 aliphatic carbocycles. The van der Waals surface area contributed by atoms with E-state index in [9.17, 15) is 14.7 Å². The zero-order valence-electron chi connectivity index (χ0n) is 16.5. The van der Waals surface area contributed by atoms with Crippen molar-refractivity contribution in [3.8, 4) is 0 Å². The van der Waals surface area contributed by atoms with Gasteiger partial charge in [-0.2, -0.15) is 5.01 Å². The normalized spacial score (nSPS) is 19.0. The fraction of sp³-hybridized carbons (Fsp3) is 0.350. The van der Waals surface area contributed by atoms with Crippen LogP contribution in [0.3, 0.4) is 0 Å². The van der Waals surface area contributed by atoms with Crippen molar-refractivity contribution >= 4 is 28.3 Å². The van der Waals surface area contributed by atoms with Crippen molar-refractivity contribution < 1.29 is 14.7 Å². The SMILES string of the molecule is CCN1C(=O)C(Nc2cncc3ccccc23)=CC(C(=O)O)N1C(C)N(C)C. The van der Waals surface area contributed by atoms with E-state index in [2.05, 4.69) is 10.3 Å². The second kappa shape index (κ2) is 7.95. The lowest BCUT2D eigenvalue weighted by Crippen LogP contribution is -2.63. The van der Waals surface area contributed by atoms with Gasteiger partial charge >= 0.3 is 5.97 Å². The summed E-state index contributed by atoms with van der Waals surface area (Å²) in [6.45, 7) is 4.05. The molecule has 1 aliphatic heterocycles. The van der Waals surface area contributed by atoms with E-state index in [0.29, 0.717) is 12.2 Å². The predicted molar refractivity (Wildman–Crippen MR) is 107 cm³/mol. The van der Waals surface area contributed by atoms with Crippen LogP contribution in [0.5, 0.6) is 0 Å². The lowest BCUT2D eigenvalue weighted by Gasteiger charge is -2.45. The Morgan fingerprint density at radius 1 is 1.32 bits per heavy atom. The molecule has 0 bridgehead atoms. The summed E-state index contributed by atoms with van der Waals surface area (Å²) in [5.74, 6) is -1.29. The third-order valence-electron chi connectivity index (χ3n) is 4.97. The van der Waals surface area contributed by atoms with Gasteiger partial charge in [0.05, 0.1) is 18.1 Å². The van der Waals surface area contributed by atoms with Gasteiger partial charge in [-0.1, -0.05) is 24.3 Å². The molecule has 0 spiro atoms. The number of rotatable bonds is 6. The minimum absolute atomic E-state index is 0.231. The molecule has 1 aliphatic rings. The number of carboxylic acid groups (broad SMARTS) is 1. The molecular weight excluding hydrogens is 358 g/mol. The van der Waals surface area contributed by atoms with Gasteiger partial charge in [-0.3, -0.25) is 24.5 Å². The number of amides is 1. The first-order chi connectivity index (χ1) is 13.3. The second-order valence-electron chi connectivity index (χ2n) is 6.89. The molecule has 8 heteroatoms. The maximum absolute atomic E-state index is 13.1. The summed E-state index contributed by atoms with van der Waals surface area (Å²) in [6, 6.07) is 6.71. The molecule has 1 aromatic carbocycles. The summed E-state index contributed by atoms with van der Waals surface area (Å²) >= 11 is 0. The minimum atomic E-state index is -1.02. The summed E-state index contributed by atoms with van der Waals surface area (Å²) < 4.78 is 0. The maximum Gasteiger partial charge on any atom is 0.326 e. The van der Waals surface area contributed by atoms with Crippen LogP contribution in [0.4, 0.5) is 5.69 Å². The lowest BCUT2D eigenvalue weighted by molar-refractivity contribution is -0.174. The van der Waals surface area contributed by atoms with Crippen LogP contribution in [0, 0.1) is 0 Å². The average Bonchev–Trinajstić information content (AvgIpc) is 2.68. The highest BCUT2D eigenvalue weighted by Gasteiger charge is 2.41. The Morgan fingerprint density at radius 2 is 2.04 bits per heavy atom. The van der Waals surface area contributed by atoms with Crippen LogP contribution in [0.25, 0.3) is 10.8 Å². The Bertz CT molecular complexity index is 922. The van der Waals surface area contributed by atoms with Crippen molar-refractivity contribution in [2.75, 3.05) is 26.0 Å². The van der Waals surface area contributed by atoms with Crippen molar-refractivity contribution in [2.24, 2.45) is 0 Å². The van der Waals surface area contributed by atoms with Gasteiger partial charge in [0.1, 0.15) is 11.7 Å². The van der Waals surface area contributed by atoms with E-state index in [1.807, 2.05) is 57.1 Å². The summed E-state index contributed by atoms with van der Waals surface area (Å²) in [5.41, 5.74) is 0.890. The van der Waals surface area contributed by atoms with Gasteiger partial charge in [-0.25, -0.2) is 0 Å². The highest BCUT2D eigenvalue weighted by molar-refractivity contribution is 6.02. The van der Waals surface area contributed by atoms with Crippen molar-refractivity contribution in [1.29, 1.82) is 0 Å². The Labute approximate surface area is 164 Å². The number of likely N-dealkylation sites (N-methyl/N-ethyl adjacent to an activating group) is 1. The molecule has 1 amide bonds. The number of hydrogen-bond acceptors (Lipinski definition) is 6. The number of benzene rings is 1. The third-order valence-corrected chi connectivity index (χ3v) is 4.97. The van der Waals surface area contributed by atoms with Crippen LogP contribution in [0.15, 0.2) is 48.4 Å². The quantitative estimate of drug-likeness (QED) is 0.788. The molecule has 2 atom stereocenters. The van der Waals surface area contributed by atoms with Gasteiger partial charge in [-0.05, 0) is 34.0 Å². The van der Waals surface area contributed by atoms with E-state index in [4.69, 9.17) is 0 Å². The summed E-state index contributed by atoms with van der Waals surface area (Å²) in [5, 5.41) is 17.8. The molecule has 8 nitrogen and oxygen atoms in total. The molecule has 2 aromatic rings. The molecule has 2 N–H and O–H groups in total. The number of aliphatic carboxylic acids is 1. The van der Waals surface area contributed by atoms with Crippen LogP contribution in [-0.4, -0.2) is 69.7 Å². The smallest absolute Gasteiger partial charge is 0.326 e. The number of nitrogens with zero attached hydrogens (tertiary/aromatic N) is 4. The number of carbonyl (C=O) groups excluding carboxylic acids is 1. The monoisotopic (exact) mass is 383 g/mol. The first-order valence-corrected chi connectivity index (χ1v) is 9.16. The Morgan fingerprint density at radius 3 is 2.68 bits per heavy atom. The zero-order chi connectivity index (χ0) is 20.4. The maximum atomic E-state index is 13.1. The van der Waals surface area contributed by atoms with Crippen LogP contribution >= 0.6 is 0 Å². The van der Waals surface area contributed by atoms with E-state index in [-0.39, 0.29) is 17.8 Å². The van der Waals surface area contributed by atoms with Crippen LogP contribution in [-0.2, 0) is 9.59 Å². The number of fused-ring (bicyclic) bond motifs is 1. The highest BCUT2D eigenvalue weighted by Crippen LogP contribution is 2.27. The molecule has 0 saturated carbocycles. The topological polar surface area (TPSA) is 89.0 Å². The Balaban J connectivity index is 2.04. The molecule has 0 fully saturated rings. The van der Waals surface area contributed by atoms with Gasteiger partial charge in [0.2, 0.25) is 0 Å². The molecule has 2 unspecified atom stereocenters. The standard InChI is InChI=1S/C20H25N5O3/c1-5-24-19(26)16(10-18(20(27)28)25(24)13(2)23(3)4)22-17-12-21-11-14-8-6-7-9-15(14)17/h6-13,18,22H,5H2,1-4H3,(H,27,28). The molecular formula is C20H25N5O3. The van der Waals surface area contributed by atoms with Crippen molar-refractivity contribution in [3.05, 3.63) is 48.4 Å². The highest BCUT2D eigenvalue weighted by atomic mass is 16.4. The summed E-state index contributed by atoms with van der Waals surface area (Å²) in [4.78, 5) is 31.2. The molecule has 0 radical (unpaired) electrons. The largest absolute Gasteiger partial charge is 0.480 e. The molecule has 3 rings (SSSR count). The Kier molecular flexibility index (Phi) is 5.62. The number of hydrogen-bond donors (Lipinski definition) is 2. The summed E-state index contributed by atoms with van der Waals surface area (Å²) in [6.07, 6.45) is 4.58. The number of carbonyl (C=O) groups is 2. The van der Waals surface area contributed by atoms with E-state index >= 15 is 0 Å². The lowest BCUT2D eigenvalue weighted by atomic mass is 10.1.